The van der Waals surface area contributed by atoms with Crippen LogP contribution in [-0.4, -0.2) is 22.9 Å². The van der Waals surface area contributed by atoms with Crippen molar-refractivity contribution in [2.24, 2.45) is 0 Å². The first kappa shape index (κ1) is 12.3. The van der Waals surface area contributed by atoms with Crippen molar-refractivity contribution in [1.29, 1.82) is 0 Å². The van der Waals surface area contributed by atoms with Gasteiger partial charge in [0.2, 0.25) is 0 Å². The highest BCUT2D eigenvalue weighted by atomic mass is 32.2. The molecular weight excluding hydrogens is 245 g/mol. The lowest BCUT2D eigenvalue weighted by atomic mass is 10.3. The molecule has 2 rings (SSSR count). The highest BCUT2D eigenvalue weighted by Crippen LogP contribution is 2.34. The summed E-state index contributed by atoms with van der Waals surface area (Å²) in [4.78, 5) is 10.6. The molecule has 0 aliphatic carbocycles. The first-order valence-corrected chi connectivity index (χ1v) is 6.17. The van der Waals surface area contributed by atoms with E-state index in [4.69, 9.17) is 4.74 Å². The van der Waals surface area contributed by atoms with Crippen molar-refractivity contribution in [3.8, 4) is 0 Å². The van der Waals surface area contributed by atoms with Gasteiger partial charge in [-0.15, -0.1) is 11.8 Å². The van der Waals surface area contributed by atoms with Gasteiger partial charge in [-0.2, -0.15) is 0 Å². The Kier molecular flexibility index (Phi) is 3.63. The molecule has 4 nitrogen and oxygen atoms in total. The SMILES string of the molecule is CC1OCCC1Sc1cc(F)cc([N+](=O)[O-])c1. The summed E-state index contributed by atoms with van der Waals surface area (Å²) in [5.74, 6) is -0.576. The van der Waals surface area contributed by atoms with E-state index in [1.54, 1.807) is 0 Å². The van der Waals surface area contributed by atoms with Gasteiger partial charge in [0.05, 0.1) is 17.1 Å². The minimum Gasteiger partial charge on any atom is -0.377 e. The Labute approximate surface area is 102 Å². The third-order valence-electron chi connectivity index (χ3n) is 2.66. The van der Waals surface area contributed by atoms with Crippen LogP contribution in [0.4, 0.5) is 10.1 Å². The number of ether oxygens (including phenoxy) is 1. The average Bonchev–Trinajstić information content (AvgIpc) is 2.63. The summed E-state index contributed by atoms with van der Waals surface area (Å²) in [7, 11) is 0. The molecule has 6 heteroatoms. The van der Waals surface area contributed by atoms with Gasteiger partial charge in [-0.3, -0.25) is 10.1 Å². The quantitative estimate of drug-likeness (QED) is 0.617. The molecule has 92 valence electrons. The fourth-order valence-corrected chi connectivity index (χ4v) is 2.97. The average molecular weight is 257 g/mol. The molecule has 0 aromatic heterocycles. The van der Waals surface area contributed by atoms with E-state index in [0.29, 0.717) is 11.5 Å². The zero-order valence-electron chi connectivity index (χ0n) is 9.26. The number of hydrogen-bond acceptors (Lipinski definition) is 4. The maximum atomic E-state index is 13.2. The maximum absolute atomic E-state index is 13.2. The number of nitro groups is 1. The Morgan fingerprint density at radius 3 is 2.88 bits per heavy atom. The number of nitro benzene ring substituents is 1. The molecule has 1 aliphatic rings. The zero-order valence-corrected chi connectivity index (χ0v) is 10.1. The van der Waals surface area contributed by atoms with E-state index in [0.717, 1.165) is 12.5 Å². The van der Waals surface area contributed by atoms with E-state index in [1.807, 2.05) is 6.92 Å². The summed E-state index contributed by atoms with van der Waals surface area (Å²) in [5, 5.41) is 10.8. The van der Waals surface area contributed by atoms with E-state index >= 15 is 0 Å². The van der Waals surface area contributed by atoms with Crippen LogP contribution in [-0.2, 0) is 4.74 Å². The summed E-state index contributed by atoms with van der Waals surface area (Å²) in [5.41, 5.74) is -0.209. The maximum Gasteiger partial charge on any atom is 0.273 e. The largest absolute Gasteiger partial charge is 0.377 e. The molecule has 0 spiro atoms. The number of thioether (sulfide) groups is 1. The van der Waals surface area contributed by atoms with Gasteiger partial charge in [0.25, 0.3) is 5.69 Å². The number of rotatable bonds is 3. The minimum absolute atomic E-state index is 0.0994. The van der Waals surface area contributed by atoms with Gasteiger partial charge < -0.3 is 4.74 Å². The van der Waals surface area contributed by atoms with Crippen molar-refractivity contribution in [3.63, 3.8) is 0 Å². The van der Waals surface area contributed by atoms with Gasteiger partial charge in [-0.1, -0.05) is 0 Å². The third-order valence-corrected chi connectivity index (χ3v) is 4.09. The third kappa shape index (κ3) is 2.95. The lowest BCUT2D eigenvalue weighted by Gasteiger charge is -2.13. The molecule has 17 heavy (non-hydrogen) atoms. The van der Waals surface area contributed by atoms with Crippen LogP contribution in [0.1, 0.15) is 13.3 Å². The molecule has 0 amide bonds. The standard InChI is InChI=1S/C11H12FNO3S/c1-7-11(2-3-16-7)17-10-5-8(12)4-9(6-10)13(14)15/h4-7,11H,2-3H2,1H3. The predicted octanol–water partition coefficient (Wildman–Crippen LogP) is 3.00. The van der Waals surface area contributed by atoms with Gasteiger partial charge in [-0.25, -0.2) is 4.39 Å². The van der Waals surface area contributed by atoms with Crippen molar-refractivity contribution in [2.75, 3.05) is 6.61 Å². The topological polar surface area (TPSA) is 52.4 Å². The molecule has 0 N–H and O–H groups in total. The molecule has 0 radical (unpaired) electrons. The number of halogens is 1. The fourth-order valence-electron chi connectivity index (χ4n) is 1.76. The van der Waals surface area contributed by atoms with E-state index in [9.17, 15) is 14.5 Å². The zero-order chi connectivity index (χ0) is 12.4. The molecule has 2 unspecified atom stereocenters. The Morgan fingerprint density at radius 1 is 1.53 bits per heavy atom. The van der Waals surface area contributed by atoms with Crippen molar-refractivity contribution in [1.82, 2.24) is 0 Å². The van der Waals surface area contributed by atoms with E-state index in [2.05, 4.69) is 0 Å². The summed E-state index contributed by atoms with van der Waals surface area (Å²) in [6.45, 7) is 2.65. The number of benzene rings is 1. The second kappa shape index (κ2) is 5.01. The van der Waals surface area contributed by atoms with Crippen LogP contribution in [0.5, 0.6) is 0 Å². The Bertz CT molecular complexity index is 441. The first-order chi connectivity index (χ1) is 8.06. The Hall–Kier alpha value is -1.14. The van der Waals surface area contributed by atoms with Crippen LogP contribution in [0.15, 0.2) is 23.1 Å². The van der Waals surface area contributed by atoms with Crippen LogP contribution in [0.25, 0.3) is 0 Å². The van der Waals surface area contributed by atoms with Gasteiger partial charge in [0.1, 0.15) is 5.82 Å². The van der Waals surface area contributed by atoms with Gasteiger partial charge >= 0.3 is 0 Å². The Balaban J connectivity index is 2.17. The van der Waals surface area contributed by atoms with Crippen LogP contribution in [0.3, 0.4) is 0 Å². The lowest BCUT2D eigenvalue weighted by Crippen LogP contribution is -2.13. The lowest BCUT2D eigenvalue weighted by molar-refractivity contribution is -0.385. The van der Waals surface area contributed by atoms with Gasteiger partial charge in [0, 0.05) is 22.8 Å². The smallest absolute Gasteiger partial charge is 0.273 e. The van der Waals surface area contributed by atoms with Gasteiger partial charge in [0.15, 0.2) is 0 Å². The second-order valence-electron chi connectivity index (χ2n) is 3.92. The van der Waals surface area contributed by atoms with Crippen LogP contribution >= 0.6 is 11.8 Å². The molecule has 0 saturated carbocycles. The van der Waals surface area contributed by atoms with Crippen molar-refractivity contribution >= 4 is 17.4 Å². The normalized spacial score (nSPS) is 23.9. The summed E-state index contributed by atoms with van der Waals surface area (Å²) >= 11 is 1.44. The molecule has 0 bridgehead atoms. The second-order valence-corrected chi connectivity index (χ2v) is 5.24. The number of nitrogens with zero attached hydrogens (tertiary/aromatic N) is 1. The van der Waals surface area contributed by atoms with Crippen LogP contribution < -0.4 is 0 Å². The van der Waals surface area contributed by atoms with E-state index in [1.165, 1.54) is 23.9 Å². The molecule has 1 saturated heterocycles. The molecule has 1 heterocycles. The van der Waals surface area contributed by atoms with E-state index in [-0.39, 0.29) is 17.0 Å². The van der Waals surface area contributed by atoms with Crippen molar-refractivity contribution in [3.05, 3.63) is 34.1 Å². The van der Waals surface area contributed by atoms with Crippen LogP contribution in [0.2, 0.25) is 0 Å². The summed E-state index contributed by atoms with van der Waals surface area (Å²) in [6.07, 6.45) is 0.984. The summed E-state index contributed by atoms with van der Waals surface area (Å²) < 4.78 is 18.6. The molecular formula is C11H12FNO3S. The molecule has 2 atom stereocenters. The predicted molar refractivity (Wildman–Crippen MR) is 62.7 cm³/mol. The fraction of sp³-hybridized carbons (Fsp3) is 0.455. The van der Waals surface area contributed by atoms with Crippen LogP contribution in [0, 0.1) is 15.9 Å². The summed E-state index contributed by atoms with van der Waals surface area (Å²) in [6, 6.07) is 3.65. The first-order valence-electron chi connectivity index (χ1n) is 5.29. The van der Waals surface area contributed by atoms with Crippen molar-refractivity contribution < 1.29 is 14.1 Å². The molecule has 1 aromatic rings. The Morgan fingerprint density at radius 2 is 2.29 bits per heavy atom. The highest BCUT2D eigenvalue weighted by Gasteiger charge is 2.25. The van der Waals surface area contributed by atoms with Crippen molar-refractivity contribution in [2.45, 2.75) is 29.6 Å². The minimum atomic E-state index is -0.582. The van der Waals surface area contributed by atoms with Gasteiger partial charge in [-0.05, 0) is 19.4 Å². The number of hydrogen-bond donors (Lipinski definition) is 0. The number of non-ortho nitro benzene ring substituents is 1. The molecule has 1 aromatic carbocycles. The molecule has 1 fully saturated rings. The monoisotopic (exact) mass is 257 g/mol. The van der Waals surface area contributed by atoms with E-state index < -0.39 is 10.7 Å². The molecule has 1 aliphatic heterocycles. The highest BCUT2D eigenvalue weighted by molar-refractivity contribution is 8.00.